The van der Waals surface area contributed by atoms with Crippen LogP contribution in [-0.4, -0.2) is 15.0 Å². The van der Waals surface area contributed by atoms with E-state index in [4.69, 9.17) is 15.0 Å². The lowest BCUT2D eigenvalue weighted by Crippen LogP contribution is -2.42. The van der Waals surface area contributed by atoms with Crippen LogP contribution < -0.4 is 0 Å². The summed E-state index contributed by atoms with van der Waals surface area (Å²) in [6, 6.07) is 46.2. The molecule has 0 N–H and O–H groups in total. The van der Waals surface area contributed by atoms with Gasteiger partial charge in [-0.2, -0.15) is 5.26 Å². The number of aromatic nitrogens is 3. The van der Waals surface area contributed by atoms with Crippen molar-refractivity contribution in [3.05, 3.63) is 139 Å². The lowest BCUT2D eigenvalue weighted by atomic mass is 9.54. The van der Waals surface area contributed by atoms with Crippen LogP contribution >= 0.6 is 0 Å². The molecule has 2 bridgehead atoms. The molecule has 4 heteroatoms. The molecule has 49 heavy (non-hydrogen) atoms. The summed E-state index contributed by atoms with van der Waals surface area (Å²) in [6.07, 6.45) is 6.63. The quantitative estimate of drug-likeness (QED) is 0.182. The Morgan fingerprint density at radius 1 is 0.531 bits per heavy atom. The molecule has 2 fully saturated rings. The second kappa shape index (κ2) is 12.9. The van der Waals surface area contributed by atoms with Crippen molar-refractivity contribution in [3.8, 4) is 62.5 Å². The Labute approximate surface area is 289 Å². The summed E-state index contributed by atoms with van der Waals surface area (Å²) in [6.45, 7) is 4.89. The molecular formula is C45H40N4. The standard InChI is InChI=1S/C45H40N4/c1-30-22-33-23-31(2)27-45(26-30,28-33)39-19-17-34(18-20-39)41-24-32(29-46)16-21-40(41)37-14-9-15-38(25-37)44-48-42(35-10-5-3-6-11-35)47-43(49-44)36-12-7-4-8-13-36/h3-21,24-25,30-31,33H,22-23,26-28H2,1-2H3/t30-,31+,33-,45?. The number of hydrogen-bond donors (Lipinski definition) is 0. The average Bonchev–Trinajstić information content (AvgIpc) is 3.14. The first-order chi connectivity index (χ1) is 24.0. The van der Waals surface area contributed by atoms with Gasteiger partial charge in [-0.15, -0.1) is 0 Å². The Morgan fingerprint density at radius 2 is 1.08 bits per heavy atom. The van der Waals surface area contributed by atoms with Gasteiger partial charge in [-0.05, 0) is 101 Å². The maximum absolute atomic E-state index is 9.89. The molecule has 4 atom stereocenters. The first kappa shape index (κ1) is 30.9. The van der Waals surface area contributed by atoms with Crippen LogP contribution in [0.5, 0.6) is 0 Å². The highest BCUT2D eigenvalue weighted by atomic mass is 15.0. The van der Waals surface area contributed by atoms with Crippen molar-refractivity contribution >= 4 is 0 Å². The molecular weight excluding hydrogens is 597 g/mol. The van der Waals surface area contributed by atoms with E-state index in [1.165, 1.54) is 37.7 Å². The molecule has 1 unspecified atom stereocenters. The fourth-order valence-electron chi connectivity index (χ4n) is 8.93. The van der Waals surface area contributed by atoms with Crippen molar-refractivity contribution in [3.63, 3.8) is 0 Å². The fraction of sp³-hybridized carbons (Fsp3) is 0.244. The highest BCUT2D eigenvalue weighted by molar-refractivity contribution is 5.86. The third-order valence-electron chi connectivity index (χ3n) is 10.7. The second-order valence-corrected chi connectivity index (χ2v) is 14.5. The van der Waals surface area contributed by atoms with E-state index >= 15 is 0 Å². The van der Waals surface area contributed by atoms with Crippen molar-refractivity contribution < 1.29 is 0 Å². The zero-order valence-corrected chi connectivity index (χ0v) is 28.2. The predicted molar refractivity (Wildman–Crippen MR) is 198 cm³/mol. The zero-order chi connectivity index (χ0) is 33.4. The summed E-state index contributed by atoms with van der Waals surface area (Å²) in [7, 11) is 0. The Morgan fingerprint density at radius 3 is 1.67 bits per heavy atom. The highest BCUT2D eigenvalue weighted by Crippen LogP contribution is 2.54. The summed E-state index contributed by atoms with van der Waals surface area (Å²) in [5, 5.41) is 9.89. The van der Waals surface area contributed by atoms with Crippen molar-refractivity contribution in [1.29, 1.82) is 5.26 Å². The number of nitriles is 1. The Kier molecular flexibility index (Phi) is 8.14. The van der Waals surface area contributed by atoms with E-state index in [2.05, 4.69) is 74.5 Å². The van der Waals surface area contributed by atoms with Gasteiger partial charge in [-0.1, -0.05) is 123 Å². The lowest BCUT2D eigenvalue weighted by Gasteiger charge is -2.50. The van der Waals surface area contributed by atoms with Gasteiger partial charge < -0.3 is 0 Å². The smallest absolute Gasteiger partial charge is 0.164 e. The molecule has 2 saturated carbocycles. The molecule has 0 radical (unpaired) electrons. The molecule has 2 aliphatic rings. The summed E-state index contributed by atoms with van der Waals surface area (Å²) >= 11 is 0. The molecule has 240 valence electrons. The van der Waals surface area contributed by atoms with Crippen molar-refractivity contribution in [2.75, 3.05) is 0 Å². The Bertz CT molecular complexity index is 2070. The number of hydrogen-bond acceptors (Lipinski definition) is 4. The van der Waals surface area contributed by atoms with Crippen LogP contribution in [0.25, 0.3) is 56.4 Å². The van der Waals surface area contributed by atoms with E-state index in [1.54, 1.807) is 0 Å². The van der Waals surface area contributed by atoms with E-state index in [9.17, 15) is 5.26 Å². The fourth-order valence-corrected chi connectivity index (χ4v) is 8.93. The van der Waals surface area contributed by atoms with Crippen LogP contribution in [0.2, 0.25) is 0 Å². The maximum atomic E-state index is 9.89. The van der Waals surface area contributed by atoms with Crippen LogP contribution in [-0.2, 0) is 5.41 Å². The maximum Gasteiger partial charge on any atom is 0.164 e. The van der Waals surface area contributed by atoms with Crippen LogP contribution in [0.15, 0.2) is 127 Å². The van der Waals surface area contributed by atoms with Gasteiger partial charge in [0.15, 0.2) is 17.5 Å². The van der Waals surface area contributed by atoms with E-state index in [0.29, 0.717) is 23.0 Å². The van der Waals surface area contributed by atoms with Gasteiger partial charge >= 0.3 is 0 Å². The first-order valence-corrected chi connectivity index (χ1v) is 17.6. The highest BCUT2D eigenvalue weighted by Gasteiger charge is 2.45. The molecule has 5 aromatic carbocycles. The third-order valence-corrected chi connectivity index (χ3v) is 10.7. The van der Waals surface area contributed by atoms with Crippen molar-refractivity contribution in [2.45, 2.75) is 51.4 Å². The van der Waals surface area contributed by atoms with Gasteiger partial charge in [-0.25, -0.2) is 15.0 Å². The molecule has 6 aromatic rings. The van der Waals surface area contributed by atoms with Gasteiger partial charge in [0.05, 0.1) is 11.6 Å². The van der Waals surface area contributed by atoms with Gasteiger partial charge in [0.1, 0.15) is 0 Å². The molecule has 2 aliphatic carbocycles. The lowest BCUT2D eigenvalue weighted by molar-refractivity contribution is 0.0780. The van der Waals surface area contributed by atoms with Gasteiger partial charge in [0.2, 0.25) is 0 Å². The minimum atomic E-state index is 0.284. The number of rotatable bonds is 6. The van der Waals surface area contributed by atoms with Crippen LogP contribution in [0.3, 0.4) is 0 Å². The SMILES string of the molecule is C[C@@H]1C[C@@H]2C[C@H](C)CC(c3ccc(-c4cc(C#N)ccc4-c4cccc(-c5nc(-c6ccccc6)nc(-c6ccccc6)n5)c4)cc3)(C1)C2. The van der Waals surface area contributed by atoms with E-state index in [1.807, 2.05) is 72.8 Å². The van der Waals surface area contributed by atoms with Crippen molar-refractivity contribution in [1.82, 2.24) is 15.0 Å². The Balaban J connectivity index is 1.19. The van der Waals surface area contributed by atoms with Gasteiger partial charge in [-0.3, -0.25) is 0 Å². The number of fused-ring (bicyclic) bond motifs is 2. The summed E-state index contributed by atoms with van der Waals surface area (Å²) in [5.74, 6) is 4.28. The Hall–Kier alpha value is -5.40. The molecule has 1 heterocycles. The monoisotopic (exact) mass is 636 g/mol. The molecule has 1 aromatic heterocycles. The van der Waals surface area contributed by atoms with E-state index in [-0.39, 0.29) is 5.41 Å². The van der Waals surface area contributed by atoms with Gasteiger partial charge in [0, 0.05) is 16.7 Å². The molecule has 0 aliphatic heterocycles. The van der Waals surface area contributed by atoms with Gasteiger partial charge in [0.25, 0.3) is 0 Å². The summed E-state index contributed by atoms with van der Waals surface area (Å²) in [5.41, 5.74) is 9.51. The summed E-state index contributed by atoms with van der Waals surface area (Å²) in [4.78, 5) is 14.8. The second-order valence-electron chi connectivity index (χ2n) is 14.5. The molecule has 0 saturated heterocycles. The minimum absolute atomic E-state index is 0.284. The zero-order valence-electron chi connectivity index (χ0n) is 28.2. The molecule has 0 spiro atoms. The van der Waals surface area contributed by atoms with E-state index in [0.717, 1.165) is 56.7 Å². The first-order valence-electron chi connectivity index (χ1n) is 17.6. The average molecular weight is 637 g/mol. The van der Waals surface area contributed by atoms with Crippen LogP contribution in [0.4, 0.5) is 0 Å². The molecule has 0 amide bonds. The van der Waals surface area contributed by atoms with Crippen molar-refractivity contribution in [2.24, 2.45) is 17.8 Å². The largest absolute Gasteiger partial charge is 0.208 e. The minimum Gasteiger partial charge on any atom is -0.208 e. The van der Waals surface area contributed by atoms with E-state index < -0.39 is 0 Å². The number of benzene rings is 5. The third kappa shape index (κ3) is 6.18. The normalized spacial score (nSPS) is 21.5. The topological polar surface area (TPSA) is 62.5 Å². The summed E-state index contributed by atoms with van der Waals surface area (Å²) < 4.78 is 0. The molecule has 4 nitrogen and oxygen atoms in total. The number of nitrogens with zero attached hydrogens (tertiary/aromatic N) is 4. The van der Waals surface area contributed by atoms with Crippen LogP contribution in [0, 0.1) is 29.1 Å². The molecule has 8 rings (SSSR count). The van der Waals surface area contributed by atoms with Crippen LogP contribution in [0.1, 0.15) is 57.1 Å². The predicted octanol–water partition coefficient (Wildman–Crippen LogP) is 11.2.